The molecule has 0 bridgehead atoms. The number of ether oxygens (including phenoxy) is 1. The van der Waals surface area contributed by atoms with Crippen molar-refractivity contribution < 1.29 is 4.74 Å². The molecule has 5 nitrogen and oxygen atoms in total. The second-order valence-electron chi connectivity index (χ2n) is 4.07. The smallest absolute Gasteiger partial charge is 0.337 e. The molecule has 17 heavy (non-hydrogen) atoms. The van der Waals surface area contributed by atoms with Crippen LogP contribution < -0.4 is 4.74 Å². The van der Waals surface area contributed by atoms with Crippen LogP contribution in [0, 0.1) is 0 Å². The van der Waals surface area contributed by atoms with E-state index in [1.807, 2.05) is 6.92 Å². The van der Waals surface area contributed by atoms with Gasteiger partial charge in [-0.25, -0.2) is 4.98 Å². The third-order valence-electron chi connectivity index (χ3n) is 2.95. The average molecular weight is 253 g/mol. The highest BCUT2D eigenvalue weighted by Crippen LogP contribution is 2.27. The maximum absolute atomic E-state index is 6.34. The van der Waals surface area contributed by atoms with Crippen molar-refractivity contribution in [3.63, 3.8) is 0 Å². The van der Waals surface area contributed by atoms with E-state index in [1.165, 1.54) is 6.42 Å². The molecule has 0 atom stereocenters. The summed E-state index contributed by atoms with van der Waals surface area (Å²) >= 11 is 6.34. The lowest BCUT2D eigenvalue weighted by Crippen LogP contribution is -2.10. The molecule has 0 amide bonds. The fourth-order valence-corrected chi connectivity index (χ4v) is 2.48. The van der Waals surface area contributed by atoms with Crippen LogP contribution in [0.4, 0.5) is 0 Å². The van der Waals surface area contributed by atoms with Gasteiger partial charge < -0.3 is 4.74 Å². The number of aromatic nitrogens is 4. The second-order valence-corrected chi connectivity index (χ2v) is 4.43. The Labute approximate surface area is 104 Å². The van der Waals surface area contributed by atoms with Crippen molar-refractivity contribution in [1.29, 1.82) is 0 Å². The molecular weight excluding hydrogens is 240 g/mol. The number of hydrogen-bond acceptors (Lipinski definition) is 4. The Kier molecular flexibility index (Phi) is 2.63. The van der Waals surface area contributed by atoms with Crippen molar-refractivity contribution in [2.75, 3.05) is 6.61 Å². The first-order valence-electron chi connectivity index (χ1n) is 5.86. The number of fused-ring (bicyclic) bond motifs is 2. The monoisotopic (exact) mass is 252 g/mol. The van der Waals surface area contributed by atoms with Crippen molar-refractivity contribution in [2.24, 2.45) is 0 Å². The van der Waals surface area contributed by atoms with Crippen molar-refractivity contribution in [2.45, 2.75) is 32.6 Å². The minimum absolute atomic E-state index is 0.337. The summed E-state index contributed by atoms with van der Waals surface area (Å²) in [7, 11) is 0. The summed E-state index contributed by atoms with van der Waals surface area (Å²) < 4.78 is 6.83. The highest BCUT2D eigenvalue weighted by Gasteiger charge is 2.19. The minimum Gasteiger partial charge on any atom is -0.463 e. The summed E-state index contributed by atoms with van der Waals surface area (Å²) in [5, 5.41) is 4.83. The predicted octanol–water partition coefficient (Wildman–Crippen LogP) is 2.06. The topological polar surface area (TPSA) is 52.3 Å². The Balaban J connectivity index is 2.18. The summed E-state index contributed by atoms with van der Waals surface area (Å²) in [6.45, 7) is 2.43. The first kappa shape index (κ1) is 10.8. The van der Waals surface area contributed by atoms with Crippen LogP contribution in [-0.2, 0) is 12.8 Å². The van der Waals surface area contributed by atoms with Gasteiger partial charge in [0.05, 0.1) is 12.3 Å². The average Bonchev–Trinajstić information content (AvgIpc) is 2.73. The van der Waals surface area contributed by atoms with Crippen molar-refractivity contribution >= 4 is 17.4 Å². The quantitative estimate of drug-likeness (QED) is 0.768. The third-order valence-corrected chi connectivity index (χ3v) is 3.34. The molecule has 2 aromatic rings. The summed E-state index contributed by atoms with van der Waals surface area (Å²) in [4.78, 5) is 8.71. The SMILES string of the molecule is CCOc1nc2nc3c(c(Cl)n2n1)CCCC3. The molecule has 0 saturated carbocycles. The minimum atomic E-state index is 0.337. The Morgan fingerprint density at radius 3 is 2.94 bits per heavy atom. The normalized spacial score (nSPS) is 14.9. The van der Waals surface area contributed by atoms with Crippen molar-refractivity contribution in [3.05, 3.63) is 16.4 Å². The van der Waals surface area contributed by atoms with Crippen LogP contribution in [-0.4, -0.2) is 26.2 Å². The van der Waals surface area contributed by atoms with Crippen LogP contribution in [0.25, 0.3) is 5.78 Å². The van der Waals surface area contributed by atoms with E-state index in [-0.39, 0.29) is 0 Å². The van der Waals surface area contributed by atoms with Gasteiger partial charge in [-0.3, -0.25) is 0 Å². The molecular formula is C11H13ClN4O. The molecule has 0 spiro atoms. The molecule has 90 valence electrons. The Morgan fingerprint density at radius 2 is 2.12 bits per heavy atom. The molecule has 3 rings (SSSR count). The molecule has 1 aliphatic rings. The number of halogens is 1. The van der Waals surface area contributed by atoms with Gasteiger partial charge >= 0.3 is 6.01 Å². The maximum atomic E-state index is 6.34. The third kappa shape index (κ3) is 1.74. The van der Waals surface area contributed by atoms with Gasteiger partial charge in [-0.15, -0.1) is 5.10 Å². The van der Waals surface area contributed by atoms with Crippen LogP contribution in [0.1, 0.15) is 31.0 Å². The van der Waals surface area contributed by atoms with E-state index in [0.717, 1.165) is 30.5 Å². The Hall–Kier alpha value is -1.36. The molecule has 2 aromatic heterocycles. The van der Waals surface area contributed by atoms with Crippen LogP contribution in [0.15, 0.2) is 0 Å². The highest BCUT2D eigenvalue weighted by molar-refractivity contribution is 6.30. The number of nitrogens with zero attached hydrogens (tertiary/aromatic N) is 4. The van der Waals surface area contributed by atoms with E-state index < -0.39 is 0 Å². The summed E-state index contributed by atoms with van der Waals surface area (Å²) in [6, 6.07) is 0.337. The fraction of sp³-hybridized carbons (Fsp3) is 0.545. The molecule has 0 aromatic carbocycles. The number of hydrogen-bond donors (Lipinski definition) is 0. The van der Waals surface area contributed by atoms with Crippen molar-refractivity contribution in [3.8, 4) is 6.01 Å². The number of aryl methyl sites for hydroxylation is 1. The maximum Gasteiger partial charge on any atom is 0.337 e. The predicted molar refractivity (Wildman–Crippen MR) is 63.6 cm³/mol. The van der Waals surface area contributed by atoms with Gasteiger partial charge in [-0.05, 0) is 32.6 Å². The van der Waals surface area contributed by atoms with Crippen LogP contribution >= 0.6 is 11.6 Å². The second kappa shape index (κ2) is 4.14. The molecule has 0 N–H and O–H groups in total. The van der Waals surface area contributed by atoms with Crippen LogP contribution in [0.2, 0.25) is 5.15 Å². The zero-order chi connectivity index (χ0) is 11.8. The molecule has 0 unspecified atom stereocenters. The van der Waals surface area contributed by atoms with E-state index in [4.69, 9.17) is 16.3 Å². The Bertz CT molecular complexity index is 566. The zero-order valence-electron chi connectivity index (χ0n) is 9.61. The van der Waals surface area contributed by atoms with Gasteiger partial charge in [0, 0.05) is 5.56 Å². The Morgan fingerprint density at radius 1 is 1.29 bits per heavy atom. The molecule has 0 radical (unpaired) electrons. The molecule has 2 heterocycles. The molecule has 6 heteroatoms. The lowest BCUT2D eigenvalue weighted by Gasteiger charge is -2.15. The largest absolute Gasteiger partial charge is 0.463 e. The first-order chi connectivity index (χ1) is 8.29. The van der Waals surface area contributed by atoms with Gasteiger partial charge in [-0.1, -0.05) is 11.6 Å². The van der Waals surface area contributed by atoms with E-state index >= 15 is 0 Å². The van der Waals surface area contributed by atoms with Gasteiger partial charge in [0.25, 0.3) is 5.78 Å². The molecule has 0 fully saturated rings. The molecule has 1 aliphatic carbocycles. The summed E-state index contributed by atoms with van der Waals surface area (Å²) in [5.74, 6) is 0.527. The van der Waals surface area contributed by atoms with Gasteiger partial charge in [0.2, 0.25) is 0 Å². The highest BCUT2D eigenvalue weighted by atomic mass is 35.5. The number of rotatable bonds is 2. The van der Waals surface area contributed by atoms with E-state index in [1.54, 1.807) is 4.52 Å². The molecule has 0 saturated heterocycles. The van der Waals surface area contributed by atoms with Crippen LogP contribution in [0.3, 0.4) is 0 Å². The first-order valence-corrected chi connectivity index (χ1v) is 6.24. The molecule has 0 aliphatic heterocycles. The van der Waals surface area contributed by atoms with E-state index in [0.29, 0.717) is 23.5 Å². The lowest BCUT2D eigenvalue weighted by atomic mass is 9.97. The van der Waals surface area contributed by atoms with Crippen molar-refractivity contribution in [1.82, 2.24) is 19.6 Å². The van der Waals surface area contributed by atoms with Crippen LogP contribution in [0.5, 0.6) is 6.01 Å². The lowest BCUT2D eigenvalue weighted by molar-refractivity contribution is 0.313. The van der Waals surface area contributed by atoms with Gasteiger partial charge in [-0.2, -0.15) is 9.50 Å². The zero-order valence-corrected chi connectivity index (χ0v) is 10.4. The van der Waals surface area contributed by atoms with Gasteiger partial charge in [0.15, 0.2) is 0 Å². The van der Waals surface area contributed by atoms with Gasteiger partial charge in [0.1, 0.15) is 5.15 Å². The fourth-order valence-electron chi connectivity index (χ4n) is 2.16. The van der Waals surface area contributed by atoms with E-state index in [2.05, 4.69) is 15.1 Å². The standard InChI is InChI=1S/C11H13ClN4O/c1-2-17-11-14-10-13-8-6-4-3-5-7(8)9(12)16(10)15-11/h2-6H2,1H3. The summed E-state index contributed by atoms with van der Waals surface area (Å²) in [5.41, 5.74) is 2.17. The van der Waals surface area contributed by atoms with E-state index in [9.17, 15) is 0 Å². The summed E-state index contributed by atoms with van der Waals surface area (Å²) in [6.07, 6.45) is 4.27.